The van der Waals surface area contributed by atoms with Gasteiger partial charge in [0.05, 0.1) is 5.70 Å². The lowest BCUT2D eigenvalue weighted by Crippen LogP contribution is -2.29. The minimum atomic E-state index is 0.400. The summed E-state index contributed by atoms with van der Waals surface area (Å²) in [5.74, 6) is 1.91. The van der Waals surface area contributed by atoms with E-state index in [-0.39, 0.29) is 0 Å². The van der Waals surface area contributed by atoms with Gasteiger partial charge in [0.1, 0.15) is 0 Å². The molecule has 1 nitrogen and oxygen atoms in total. The first-order valence-corrected chi connectivity index (χ1v) is 5.93. The lowest BCUT2D eigenvalue weighted by molar-refractivity contribution is 0.273. The zero-order valence-corrected chi connectivity index (χ0v) is 11.3. The largest absolute Gasteiger partial charge is 0.385 e. The van der Waals surface area contributed by atoms with E-state index in [1.165, 1.54) is 0 Å². The summed E-state index contributed by atoms with van der Waals surface area (Å²) in [6.45, 7) is 16.4. The van der Waals surface area contributed by atoms with Crippen molar-refractivity contribution < 1.29 is 0 Å². The Bertz CT molecular complexity index is 299. The molecule has 0 rings (SSSR count). The fourth-order valence-corrected chi connectivity index (χ4v) is 2.19. The Hall–Kier alpha value is -1.16. The first-order chi connectivity index (χ1) is 7.49. The Labute approximate surface area is 101 Å². The molecule has 0 amide bonds. The van der Waals surface area contributed by atoms with Gasteiger partial charge in [-0.3, -0.25) is 0 Å². The van der Waals surface area contributed by atoms with E-state index in [0.717, 1.165) is 5.70 Å². The van der Waals surface area contributed by atoms with Gasteiger partial charge < -0.3 is 5.32 Å². The smallest absolute Gasteiger partial charge is 0.0569 e. The van der Waals surface area contributed by atoms with Crippen molar-refractivity contribution in [2.45, 2.75) is 27.7 Å². The molecule has 0 saturated heterocycles. The van der Waals surface area contributed by atoms with Crippen LogP contribution in [0.5, 0.6) is 0 Å². The van der Waals surface area contributed by atoms with Crippen LogP contribution in [0.3, 0.4) is 0 Å². The van der Waals surface area contributed by atoms with Gasteiger partial charge in [-0.25, -0.2) is 0 Å². The zero-order chi connectivity index (χ0) is 12.7. The van der Waals surface area contributed by atoms with Crippen molar-refractivity contribution in [3.8, 4) is 0 Å². The van der Waals surface area contributed by atoms with E-state index in [9.17, 15) is 0 Å². The van der Waals surface area contributed by atoms with E-state index in [1.807, 2.05) is 7.05 Å². The molecule has 0 aromatic carbocycles. The Morgan fingerprint density at radius 2 is 1.69 bits per heavy atom. The molecule has 0 aliphatic rings. The number of hydrogen-bond acceptors (Lipinski definition) is 1. The van der Waals surface area contributed by atoms with Gasteiger partial charge in [0.25, 0.3) is 0 Å². The molecule has 1 N–H and O–H groups in total. The molecule has 0 aliphatic heterocycles. The second-order valence-corrected chi connectivity index (χ2v) is 4.80. The maximum Gasteiger partial charge on any atom is 0.0569 e. The van der Waals surface area contributed by atoms with Crippen molar-refractivity contribution in [2.75, 3.05) is 7.05 Å². The predicted molar refractivity (Wildman–Crippen MR) is 72.1 cm³/mol. The van der Waals surface area contributed by atoms with Crippen molar-refractivity contribution in [1.82, 2.24) is 5.32 Å². The highest BCUT2D eigenvalue weighted by molar-refractivity contribution is 5.09. The van der Waals surface area contributed by atoms with Gasteiger partial charge in [-0.2, -0.15) is 0 Å². The van der Waals surface area contributed by atoms with Crippen LogP contribution in [-0.2, 0) is 0 Å². The van der Waals surface area contributed by atoms with Gasteiger partial charge in [0, 0.05) is 13.0 Å². The molecule has 0 aromatic heterocycles. The van der Waals surface area contributed by atoms with Crippen LogP contribution in [0.25, 0.3) is 0 Å². The maximum absolute atomic E-state index is 3.76. The van der Waals surface area contributed by atoms with Crippen LogP contribution in [-0.4, -0.2) is 7.05 Å². The summed E-state index contributed by atoms with van der Waals surface area (Å²) >= 11 is 0. The number of rotatable bonds is 6. The van der Waals surface area contributed by atoms with Crippen LogP contribution < -0.4 is 5.32 Å². The Kier molecular flexibility index (Phi) is 6.65. The predicted octanol–water partition coefficient (Wildman–Crippen LogP) is 3.76. The lowest BCUT2D eigenvalue weighted by atomic mass is 9.75. The molecule has 16 heavy (non-hydrogen) atoms. The summed E-state index contributed by atoms with van der Waals surface area (Å²) in [6, 6.07) is 0. The van der Waals surface area contributed by atoms with Crippen molar-refractivity contribution >= 4 is 0 Å². The maximum atomic E-state index is 3.76. The van der Waals surface area contributed by atoms with E-state index in [2.05, 4.69) is 63.7 Å². The van der Waals surface area contributed by atoms with Crippen LogP contribution in [0.15, 0.2) is 36.4 Å². The minimum Gasteiger partial charge on any atom is -0.385 e. The normalized spacial score (nSPS) is 13.9. The Morgan fingerprint density at radius 3 is 1.94 bits per heavy atom. The topological polar surface area (TPSA) is 12.0 Å². The van der Waals surface area contributed by atoms with Crippen LogP contribution in [0.1, 0.15) is 27.7 Å². The fourth-order valence-electron chi connectivity index (χ4n) is 2.19. The van der Waals surface area contributed by atoms with Gasteiger partial charge in [-0.1, -0.05) is 40.9 Å². The minimum absolute atomic E-state index is 0.400. The van der Waals surface area contributed by atoms with Crippen molar-refractivity contribution in [3.63, 3.8) is 0 Å². The highest BCUT2D eigenvalue weighted by atomic mass is 14.8. The second-order valence-electron chi connectivity index (χ2n) is 4.80. The van der Waals surface area contributed by atoms with E-state index in [0.29, 0.717) is 23.7 Å². The van der Waals surface area contributed by atoms with Crippen molar-refractivity contribution in [2.24, 2.45) is 23.7 Å². The SMILES string of the molecule is C=C=CC(C(C)C)C(C(=C=C)NC)C(C)C. The Morgan fingerprint density at radius 1 is 1.12 bits per heavy atom. The molecule has 0 aliphatic carbocycles. The molecule has 0 bridgehead atoms. The monoisotopic (exact) mass is 219 g/mol. The molecule has 0 aromatic rings. The Balaban J connectivity index is 5.30. The molecule has 90 valence electrons. The number of allylic oxidation sites excluding steroid dienone is 2. The van der Waals surface area contributed by atoms with E-state index in [4.69, 9.17) is 0 Å². The molecule has 2 atom stereocenters. The van der Waals surface area contributed by atoms with E-state index < -0.39 is 0 Å². The molecule has 1 heteroatoms. The van der Waals surface area contributed by atoms with Crippen molar-refractivity contribution in [3.05, 3.63) is 36.4 Å². The average Bonchev–Trinajstić information content (AvgIpc) is 2.22. The molecule has 2 unspecified atom stereocenters. The lowest BCUT2D eigenvalue weighted by Gasteiger charge is -2.31. The standard InChI is InChI=1S/C15H25N/c1-8-10-13(11(3)4)15(12(5)6)14(9-2)16-7/h10-13,15-16H,1-2H2,3-7H3. The third-order valence-corrected chi connectivity index (χ3v) is 3.01. The summed E-state index contributed by atoms with van der Waals surface area (Å²) in [4.78, 5) is 0. The average molecular weight is 219 g/mol. The van der Waals surface area contributed by atoms with Crippen LogP contribution >= 0.6 is 0 Å². The van der Waals surface area contributed by atoms with Gasteiger partial charge in [0.15, 0.2) is 0 Å². The first-order valence-electron chi connectivity index (χ1n) is 5.93. The van der Waals surface area contributed by atoms with Crippen LogP contribution in [0.4, 0.5) is 0 Å². The molecule has 0 fully saturated rings. The molecule has 0 heterocycles. The summed E-state index contributed by atoms with van der Waals surface area (Å²) < 4.78 is 0. The quantitative estimate of drug-likeness (QED) is 0.671. The fraction of sp³-hybridized carbons (Fsp3) is 0.600. The highest BCUT2D eigenvalue weighted by Crippen LogP contribution is 2.32. The van der Waals surface area contributed by atoms with Gasteiger partial charge in [-0.05, 0) is 23.8 Å². The second kappa shape index (κ2) is 7.17. The van der Waals surface area contributed by atoms with Gasteiger partial charge in [-0.15, -0.1) is 11.5 Å². The molecule has 0 spiro atoms. The van der Waals surface area contributed by atoms with Gasteiger partial charge in [0.2, 0.25) is 0 Å². The molecular formula is C15H25N. The van der Waals surface area contributed by atoms with E-state index >= 15 is 0 Å². The summed E-state index contributed by atoms with van der Waals surface area (Å²) in [6.07, 6.45) is 2.07. The molecule has 0 radical (unpaired) electrons. The number of hydrogen-bond donors (Lipinski definition) is 1. The number of nitrogens with one attached hydrogen (secondary N) is 1. The summed E-state index contributed by atoms with van der Waals surface area (Å²) in [5, 5.41) is 3.20. The van der Waals surface area contributed by atoms with Crippen molar-refractivity contribution in [1.29, 1.82) is 0 Å². The van der Waals surface area contributed by atoms with Crippen LogP contribution in [0.2, 0.25) is 0 Å². The zero-order valence-electron chi connectivity index (χ0n) is 11.3. The molecule has 0 saturated carbocycles. The third-order valence-electron chi connectivity index (χ3n) is 3.01. The molecular weight excluding hydrogens is 194 g/mol. The summed E-state index contributed by atoms with van der Waals surface area (Å²) in [5.41, 5.74) is 7.02. The first kappa shape index (κ1) is 14.8. The third kappa shape index (κ3) is 3.77. The van der Waals surface area contributed by atoms with Gasteiger partial charge >= 0.3 is 0 Å². The van der Waals surface area contributed by atoms with Crippen LogP contribution in [0, 0.1) is 23.7 Å². The summed E-state index contributed by atoms with van der Waals surface area (Å²) in [7, 11) is 1.93. The highest BCUT2D eigenvalue weighted by Gasteiger charge is 2.28. The van der Waals surface area contributed by atoms with E-state index in [1.54, 1.807) is 0 Å².